The Bertz CT molecular complexity index is 252. The van der Waals surface area contributed by atoms with Crippen LogP contribution in [0.1, 0.15) is 0 Å². The summed E-state index contributed by atoms with van der Waals surface area (Å²) >= 11 is 0. The van der Waals surface area contributed by atoms with Crippen molar-refractivity contribution in [2.45, 2.75) is 0 Å². The van der Waals surface area contributed by atoms with E-state index in [0.29, 0.717) is 0 Å². The van der Waals surface area contributed by atoms with Crippen LogP contribution in [0.4, 0.5) is 9.59 Å². The van der Waals surface area contributed by atoms with Gasteiger partial charge in [0.25, 0.3) is 0 Å². The van der Waals surface area contributed by atoms with Crippen LogP contribution in [0.3, 0.4) is 0 Å². The van der Waals surface area contributed by atoms with Crippen LogP contribution in [0.2, 0.25) is 0 Å². The SMILES string of the molecule is O=C(O)OS(=O)(=O)C(=O)O.[NaH]. The van der Waals surface area contributed by atoms with Crippen LogP contribution in [-0.2, 0) is 14.3 Å². The van der Waals surface area contributed by atoms with E-state index in [4.69, 9.17) is 10.2 Å². The molecule has 0 radical (unpaired) electrons. The molecule has 0 atom stereocenters. The van der Waals surface area contributed by atoms with Crippen LogP contribution in [0.25, 0.3) is 0 Å². The third-order valence-corrected chi connectivity index (χ3v) is 1.18. The van der Waals surface area contributed by atoms with Crippen LogP contribution >= 0.6 is 0 Å². The quantitative estimate of drug-likeness (QED) is 0.376. The van der Waals surface area contributed by atoms with Gasteiger partial charge in [-0.15, -0.1) is 0 Å². The molecule has 0 fully saturated rings. The van der Waals surface area contributed by atoms with Gasteiger partial charge in [0.2, 0.25) is 0 Å². The van der Waals surface area contributed by atoms with Crippen LogP contribution < -0.4 is 0 Å². The minimum absolute atomic E-state index is 0. The first-order valence-electron chi connectivity index (χ1n) is 1.76. The molecule has 0 spiro atoms. The van der Waals surface area contributed by atoms with Crippen molar-refractivity contribution in [2.24, 2.45) is 0 Å². The zero-order valence-corrected chi connectivity index (χ0v) is 5.16. The Labute approximate surface area is 83.4 Å². The maximum absolute atomic E-state index is 9.94. The first kappa shape index (κ1) is 13.3. The molecule has 7 nitrogen and oxygen atoms in total. The van der Waals surface area contributed by atoms with Gasteiger partial charge in [-0.25, -0.2) is 9.59 Å². The van der Waals surface area contributed by atoms with Crippen molar-refractivity contribution in [1.82, 2.24) is 0 Å². The molecule has 0 aromatic carbocycles. The topological polar surface area (TPSA) is 118 Å². The fourth-order valence-electron chi connectivity index (χ4n) is 0.129. The molecule has 0 aliphatic carbocycles. The van der Waals surface area contributed by atoms with Crippen molar-refractivity contribution in [3.05, 3.63) is 0 Å². The van der Waals surface area contributed by atoms with Crippen molar-refractivity contribution in [2.75, 3.05) is 0 Å². The Hall–Kier alpha value is -0.310. The van der Waals surface area contributed by atoms with Gasteiger partial charge < -0.3 is 14.4 Å². The zero-order chi connectivity index (χ0) is 8.36. The summed E-state index contributed by atoms with van der Waals surface area (Å²) in [6, 6.07) is 0. The summed E-state index contributed by atoms with van der Waals surface area (Å²) in [6.45, 7) is 0. The summed E-state index contributed by atoms with van der Waals surface area (Å²) in [4.78, 5) is 19.0. The van der Waals surface area contributed by atoms with E-state index in [1.165, 1.54) is 0 Å². The molecule has 0 aromatic heterocycles. The first-order chi connectivity index (χ1) is 4.36. The summed E-state index contributed by atoms with van der Waals surface area (Å²) in [5.41, 5.74) is 0. The van der Waals surface area contributed by atoms with Crippen LogP contribution in [0.15, 0.2) is 0 Å². The molecule has 2 N–H and O–H groups in total. The summed E-state index contributed by atoms with van der Waals surface area (Å²) in [5, 5.41) is 13.0. The Morgan fingerprint density at radius 3 is 1.64 bits per heavy atom. The molecule has 0 bridgehead atoms. The molecule has 0 unspecified atom stereocenters. The third kappa shape index (κ3) is 5.01. The van der Waals surface area contributed by atoms with Crippen LogP contribution in [0, 0.1) is 0 Å². The standard InChI is InChI=1S/C2H2O7S.Na.H/c3-1(4)9-10(7,8)2(5)6;;/h(H,3,4)(H,5,6);;. The Kier molecular flexibility index (Phi) is 5.49. The second-order valence-electron chi connectivity index (χ2n) is 1.07. The number of rotatable bonds is 0. The second-order valence-corrected chi connectivity index (χ2v) is 2.49. The Balaban J connectivity index is 0. The van der Waals surface area contributed by atoms with Gasteiger partial charge in [0.1, 0.15) is 0 Å². The van der Waals surface area contributed by atoms with Crippen molar-refractivity contribution < 1.29 is 32.4 Å². The van der Waals surface area contributed by atoms with E-state index in [0.717, 1.165) is 0 Å². The fourth-order valence-corrected chi connectivity index (χ4v) is 0.388. The number of carboxylic acid groups (broad SMARTS) is 2. The van der Waals surface area contributed by atoms with Gasteiger partial charge in [-0.1, -0.05) is 0 Å². The maximum atomic E-state index is 9.94. The molecule has 0 amide bonds. The summed E-state index contributed by atoms with van der Waals surface area (Å²) < 4.78 is 22.9. The molecule has 9 heteroatoms. The predicted molar refractivity (Wildman–Crippen MR) is 33.2 cm³/mol. The van der Waals surface area contributed by atoms with E-state index in [2.05, 4.69) is 4.18 Å². The van der Waals surface area contributed by atoms with Crippen molar-refractivity contribution >= 4 is 51.1 Å². The van der Waals surface area contributed by atoms with Gasteiger partial charge >= 0.3 is 51.1 Å². The molecule has 0 aliphatic rings. The van der Waals surface area contributed by atoms with E-state index in [-0.39, 0.29) is 29.6 Å². The van der Waals surface area contributed by atoms with Gasteiger partial charge in [-0.3, -0.25) is 0 Å². The predicted octanol–water partition coefficient (Wildman–Crippen LogP) is -0.960. The molecular formula is C2H3NaO7S. The molecule has 0 rings (SSSR count). The van der Waals surface area contributed by atoms with Crippen molar-refractivity contribution in [1.29, 1.82) is 0 Å². The van der Waals surface area contributed by atoms with E-state index < -0.39 is 21.6 Å². The number of hydrogen-bond donors (Lipinski definition) is 2. The fraction of sp³-hybridized carbons (Fsp3) is 0. The van der Waals surface area contributed by atoms with E-state index >= 15 is 0 Å². The van der Waals surface area contributed by atoms with E-state index in [9.17, 15) is 18.0 Å². The van der Waals surface area contributed by atoms with Crippen LogP contribution in [0.5, 0.6) is 0 Å². The second kappa shape index (κ2) is 4.54. The van der Waals surface area contributed by atoms with Crippen LogP contribution in [-0.4, -0.2) is 59.6 Å². The number of carbonyl (C=O) groups is 2. The molecule has 0 saturated carbocycles. The Morgan fingerprint density at radius 2 is 1.55 bits per heavy atom. The average molecular weight is 194 g/mol. The van der Waals surface area contributed by atoms with Gasteiger partial charge in [0.15, 0.2) is 0 Å². The molecule has 60 valence electrons. The molecule has 11 heavy (non-hydrogen) atoms. The van der Waals surface area contributed by atoms with Crippen molar-refractivity contribution in [3.8, 4) is 0 Å². The Morgan fingerprint density at radius 1 is 1.18 bits per heavy atom. The normalized spacial score (nSPS) is 9.45. The summed E-state index contributed by atoms with van der Waals surface area (Å²) in [6.07, 6.45) is -2.18. The van der Waals surface area contributed by atoms with E-state index in [1.54, 1.807) is 0 Å². The van der Waals surface area contributed by atoms with Crippen molar-refractivity contribution in [3.63, 3.8) is 0 Å². The molecule has 0 saturated heterocycles. The summed E-state index contributed by atoms with van der Waals surface area (Å²) in [7, 11) is -4.98. The minimum atomic E-state index is -4.98. The van der Waals surface area contributed by atoms with E-state index in [1.807, 2.05) is 0 Å². The third-order valence-electron chi connectivity index (χ3n) is 0.395. The molecule has 0 aromatic rings. The monoisotopic (exact) mass is 194 g/mol. The van der Waals surface area contributed by atoms with Gasteiger partial charge in [-0.05, 0) is 0 Å². The first-order valence-corrected chi connectivity index (χ1v) is 3.17. The number of hydrogen-bond acceptors (Lipinski definition) is 5. The zero-order valence-electron chi connectivity index (χ0n) is 4.34. The summed E-state index contributed by atoms with van der Waals surface area (Å²) in [5.74, 6) is 0. The molecular weight excluding hydrogens is 191 g/mol. The molecule has 0 aliphatic heterocycles. The molecule has 0 heterocycles. The average Bonchev–Trinajstić information content (AvgIpc) is 1.60. The van der Waals surface area contributed by atoms with Gasteiger partial charge in [-0.2, -0.15) is 8.42 Å². The van der Waals surface area contributed by atoms with Gasteiger partial charge in [0.05, 0.1) is 0 Å². The van der Waals surface area contributed by atoms with Gasteiger partial charge in [0, 0.05) is 0 Å².